The molecule has 1 saturated heterocycles. The van der Waals surface area contributed by atoms with Gasteiger partial charge in [0, 0.05) is 12.0 Å². The molecule has 1 aliphatic heterocycles. The van der Waals surface area contributed by atoms with Gasteiger partial charge in [0.2, 0.25) is 0 Å². The molecule has 1 fully saturated rings. The van der Waals surface area contributed by atoms with Gasteiger partial charge in [-0.1, -0.05) is 24.3 Å². The molecule has 1 unspecified atom stereocenters. The highest BCUT2D eigenvalue weighted by Gasteiger charge is 2.38. The number of benzene rings is 1. The number of carboxylic acid groups (broad SMARTS) is 1. The molecule has 1 aliphatic rings. The molecular formula is C24H30N2O5. The average Bonchev–Trinajstić information content (AvgIpc) is 2.70. The molecule has 0 radical (unpaired) electrons. The van der Waals surface area contributed by atoms with Crippen LogP contribution in [0.5, 0.6) is 0 Å². The molecule has 1 aromatic carbocycles. The van der Waals surface area contributed by atoms with Gasteiger partial charge in [0.1, 0.15) is 5.60 Å². The SMILES string of the molecule is C[C@@H](NC(=O)OC(C)(C)C)c1ccc2ccc(/C=C/C3(C(=O)O)CCCCO3)cc2n1. The molecule has 1 aromatic heterocycles. The van der Waals surface area contributed by atoms with Gasteiger partial charge in [-0.2, -0.15) is 0 Å². The number of ether oxygens (including phenoxy) is 2. The summed E-state index contributed by atoms with van der Waals surface area (Å²) in [4.78, 5) is 28.5. The normalized spacial score (nSPS) is 20.5. The number of amides is 1. The van der Waals surface area contributed by atoms with E-state index in [2.05, 4.69) is 10.3 Å². The Morgan fingerprint density at radius 2 is 2.00 bits per heavy atom. The summed E-state index contributed by atoms with van der Waals surface area (Å²) in [5, 5.41) is 13.4. The number of pyridine rings is 1. The zero-order valence-electron chi connectivity index (χ0n) is 18.5. The molecule has 3 rings (SSSR count). The highest BCUT2D eigenvalue weighted by atomic mass is 16.6. The molecule has 2 aromatic rings. The van der Waals surface area contributed by atoms with Crippen molar-refractivity contribution in [3.63, 3.8) is 0 Å². The molecular weight excluding hydrogens is 396 g/mol. The molecule has 0 spiro atoms. The molecule has 2 atom stereocenters. The lowest BCUT2D eigenvalue weighted by Crippen LogP contribution is -2.42. The summed E-state index contributed by atoms with van der Waals surface area (Å²) in [6, 6.07) is 9.24. The third-order valence-electron chi connectivity index (χ3n) is 5.12. The molecule has 0 bridgehead atoms. The zero-order chi connectivity index (χ0) is 22.6. The van der Waals surface area contributed by atoms with E-state index in [1.165, 1.54) is 0 Å². The summed E-state index contributed by atoms with van der Waals surface area (Å²) in [5.41, 5.74) is 0.453. The van der Waals surface area contributed by atoms with Crippen molar-refractivity contribution in [2.75, 3.05) is 6.61 Å². The predicted molar refractivity (Wildman–Crippen MR) is 119 cm³/mol. The number of rotatable bonds is 5. The second-order valence-electron chi connectivity index (χ2n) is 8.89. The number of aliphatic carboxylic acids is 1. The van der Waals surface area contributed by atoms with Crippen molar-refractivity contribution in [2.45, 2.75) is 64.2 Å². The van der Waals surface area contributed by atoms with Crippen LogP contribution in [0, 0.1) is 0 Å². The van der Waals surface area contributed by atoms with Gasteiger partial charge in [0.25, 0.3) is 0 Å². The predicted octanol–water partition coefficient (Wildman–Crippen LogP) is 4.86. The Labute approximate surface area is 182 Å². The maximum absolute atomic E-state index is 12.1. The average molecular weight is 427 g/mol. The van der Waals surface area contributed by atoms with Crippen molar-refractivity contribution in [3.8, 4) is 0 Å². The number of carbonyl (C=O) groups excluding carboxylic acids is 1. The first-order valence-electron chi connectivity index (χ1n) is 10.5. The lowest BCUT2D eigenvalue weighted by atomic mass is 9.92. The van der Waals surface area contributed by atoms with Crippen LogP contribution >= 0.6 is 0 Å². The number of alkyl carbamates (subject to hydrolysis) is 1. The van der Waals surface area contributed by atoms with E-state index in [0.29, 0.717) is 18.7 Å². The number of nitrogens with one attached hydrogen (secondary N) is 1. The Morgan fingerprint density at radius 1 is 1.26 bits per heavy atom. The van der Waals surface area contributed by atoms with Crippen LogP contribution in [0.25, 0.3) is 17.0 Å². The van der Waals surface area contributed by atoms with E-state index < -0.39 is 23.3 Å². The lowest BCUT2D eigenvalue weighted by Gasteiger charge is -2.30. The van der Waals surface area contributed by atoms with E-state index in [4.69, 9.17) is 9.47 Å². The quantitative estimate of drug-likeness (QED) is 0.709. The minimum absolute atomic E-state index is 0.329. The molecule has 0 aliphatic carbocycles. The van der Waals surface area contributed by atoms with E-state index in [-0.39, 0.29) is 6.04 Å². The summed E-state index contributed by atoms with van der Waals surface area (Å²) in [6.45, 7) is 7.73. The first-order valence-corrected chi connectivity index (χ1v) is 10.5. The number of fused-ring (bicyclic) bond motifs is 1. The standard InChI is InChI=1S/C24H30N2O5/c1-16(25-22(29)31-23(2,3)4)19-10-9-18-8-7-17(15-20(18)26-19)11-13-24(21(27)28)12-5-6-14-30-24/h7-11,13,15-16H,5-6,12,14H2,1-4H3,(H,25,29)(H,27,28)/b13-11+/t16-,24?/m1/s1. The smallest absolute Gasteiger partial charge is 0.408 e. The van der Waals surface area contributed by atoms with E-state index in [0.717, 1.165) is 29.3 Å². The Bertz CT molecular complexity index is 987. The summed E-state index contributed by atoms with van der Waals surface area (Å²) < 4.78 is 10.9. The van der Waals surface area contributed by atoms with Gasteiger partial charge in [0.15, 0.2) is 5.60 Å². The maximum Gasteiger partial charge on any atom is 0.408 e. The number of aromatic nitrogens is 1. The first kappa shape index (κ1) is 22.7. The molecule has 166 valence electrons. The van der Waals surface area contributed by atoms with Gasteiger partial charge in [-0.3, -0.25) is 4.98 Å². The van der Waals surface area contributed by atoms with E-state index in [9.17, 15) is 14.7 Å². The second-order valence-corrected chi connectivity index (χ2v) is 8.89. The van der Waals surface area contributed by atoms with Gasteiger partial charge in [-0.25, -0.2) is 9.59 Å². The van der Waals surface area contributed by atoms with Gasteiger partial charge in [-0.05, 0) is 70.7 Å². The fourth-order valence-electron chi connectivity index (χ4n) is 3.47. The van der Waals surface area contributed by atoms with E-state index >= 15 is 0 Å². The van der Waals surface area contributed by atoms with Gasteiger partial charge >= 0.3 is 12.1 Å². The number of nitrogens with zero attached hydrogens (tertiary/aromatic N) is 1. The van der Waals surface area contributed by atoms with E-state index in [1.54, 1.807) is 12.2 Å². The summed E-state index contributed by atoms with van der Waals surface area (Å²) >= 11 is 0. The number of carbonyl (C=O) groups is 2. The van der Waals surface area contributed by atoms with Crippen LogP contribution in [-0.2, 0) is 14.3 Å². The van der Waals surface area contributed by atoms with Crippen molar-refractivity contribution in [1.82, 2.24) is 10.3 Å². The minimum atomic E-state index is -1.27. The second kappa shape index (κ2) is 9.06. The van der Waals surface area contributed by atoms with Gasteiger partial charge in [0.05, 0.1) is 17.3 Å². The van der Waals surface area contributed by atoms with Crippen LogP contribution in [0.3, 0.4) is 0 Å². The molecule has 0 saturated carbocycles. The van der Waals surface area contributed by atoms with Crippen molar-refractivity contribution < 1.29 is 24.2 Å². The van der Waals surface area contributed by atoms with Crippen molar-refractivity contribution in [1.29, 1.82) is 0 Å². The van der Waals surface area contributed by atoms with Gasteiger partial charge < -0.3 is 19.9 Å². The van der Waals surface area contributed by atoms with Crippen molar-refractivity contribution in [2.24, 2.45) is 0 Å². The van der Waals surface area contributed by atoms with Gasteiger partial charge in [-0.15, -0.1) is 0 Å². The molecule has 2 N–H and O–H groups in total. The van der Waals surface area contributed by atoms with Crippen LogP contribution in [0.4, 0.5) is 4.79 Å². The van der Waals surface area contributed by atoms with Crippen LogP contribution in [0.1, 0.15) is 64.3 Å². The molecule has 1 amide bonds. The highest BCUT2D eigenvalue weighted by Crippen LogP contribution is 2.28. The number of hydrogen-bond donors (Lipinski definition) is 2. The largest absolute Gasteiger partial charge is 0.479 e. The maximum atomic E-state index is 12.1. The Morgan fingerprint density at radius 3 is 2.65 bits per heavy atom. The van der Waals surface area contributed by atoms with E-state index in [1.807, 2.05) is 58.0 Å². The molecule has 31 heavy (non-hydrogen) atoms. The molecule has 7 nitrogen and oxygen atoms in total. The van der Waals surface area contributed by atoms with Crippen molar-refractivity contribution >= 4 is 29.0 Å². The van der Waals surface area contributed by atoms with Crippen LogP contribution in [-0.4, -0.2) is 40.0 Å². The molecule has 7 heteroatoms. The Hall–Kier alpha value is -2.93. The Balaban J connectivity index is 1.80. The Kier molecular flexibility index (Phi) is 6.65. The molecule has 2 heterocycles. The summed E-state index contributed by atoms with van der Waals surface area (Å²) in [6.07, 6.45) is 5.07. The number of carboxylic acids is 1. The first-order chi connectivity index (χ1) is 14.6. The van der Waals surface area contributed by atoms with Crippen LogP contribution in [0.2, 0.25) is 0 Å². The number of hydrogen-bond acceptors (Lipinski definition) is 5. The lowest BCUT2D eigenvalue weighted by molar-refractivity contribution is -0.163. The third-order valence-corrected chi connectivity index (χ3v) is 5.12. The summed E-state index contributed by atoms with van der Waals surface area (Å²) in [5.74, 6) is -0.966. The fourth-order valence-corrected chi connectivity index (χ4v) is 3.47. The van der Waals surface area contributed by atoms with Crippen LogP contribution < -0.4 is 5.32 Å². The minimum Gasteiger partial charge on any atom is -0.479 e. The fraction of sp³-hybridized carbons (Fsp3) is 0.458. The zero-order valence-corrected chi connectivity index (χ0v) is 18.5. The topological polar surface area (TPSA) is 97.8 Å². The van der Waals surface area contributed by atoms with Crippen LogP contribution in [0.15, 0.2) is 36.4 Å². The monoisotopic (exact) mass is 426 g/mol. The third kappa shape index (κ3) is 5.82. The van der Waals surface area contributed by atoms with Crippen molar-refractivity contribution in [3.05, 3.63) is 47.7 Å². The highest BCUT2D eigenvalue weighted by molar-refractivity contribution is 5.84. The summed E-state index contributed by atoms with van der Waals surface area (Å²) in [7, 11) is 0.